The van der Waals surface area contributed by atoms with Gasteiger partial charge in [-0.2, -0.15) is 0 Å². The van der Waals surface area contributed by atoms with Crippen LogP contribution in [0.1, 0.15) is 40.5 Å². The van der Waals surface area contributed by atoms with Gasteiger partial charge in [-0.1, -0.05) is 26.6 Å². The Kier molecular flexibility index (Phi) is 5.98. The molecule has 0 spiro atoms. The van der Waals surface area contributed by atoms with Crippen LogP contribution in [0.5, 0.6) is 0 Å². The zero-order valence-corrected chi connectivity index (χ0v) is 13.3. The van der Waals surface area contributed by atoms with E-state index in [1.807, 2.05) is 27.7 Å². The fourth-order valence-corrected chi connectivity index (χ4v) is 1.86. The standard InChI is InChI=1S/C14H26O2Si/c1-12(9-8-10-17(5,6)7)11-13(15)16-14(2,3)4/h12H,9,11H2,1-7H3/t12-/m1/s1. The summed E-state index contributed by atoms with van der Waals surface area (Å²) in [7, 11) is -1.28. The highest BCUT2D eigenvalue weighted by Crippen LogP contribution is 2.13. The van der Waals surface area contributed by atoms with Gasteiger partial charge in [-0.15, -0.1) is 11.5 Å². The van der Waals surface area contributed by atoms with Crippen molar-refractivity contribution in [3.05, 3.63) is 0 Å². The van der Waals surface area contributed by atoms with Crippen LogP contribution in [0, 0.1) is 17.4 Å². The Balaban J connectivity index is 4.06. The molecule has 0 amide bonds. The molecule has 2 nitrogen and oxygen atoms in total. The number of carbonyl (C=O) groups is 1. The van der Waals surface area contributed by atoms with Gasteiger partial charge in [0.1, 0.15) is 13.7 Å². The minimum Gasteiger partial charge on any atom is -0.460 e. The molecule has 0 aliphatic heterocycles. The molecule has 1 atom stereocenters. The summed E-state index contributed by atoms with van der Waals surface area (Å²) in [5.74, 6) is 3.34. The largest absolute Gasteiger partial charge is 0.460 e. The van der Waals surface area contributed by atoms with E-state index >= 15 is 0 Å². The average Bonchev–Trinajstić information content (AvgIpc) is 1.96. The van der Waals surface area contributed by atoms with E-state index in [2.05, 4.69) is 31.1 Å². The van der Waals surface area contributed by atoms with Gasteiger partial charge in [0.05, 0.1) is 0 Å². The highest BCUT2D eigenvalue weighted by Gasteiger charge is 2.18. The molecule has 17 heavy (non-hydrogen) atoms. The van der Waals surface area contributed by atoms with Crippen LogP contribution in [-0.2, 0) is 9.53 Å². The van der Waals surface area contributed by atoms with Crippen molar-refractivity contribution >= 4 is 14.0 Å². The number of carbonyl (C=O) groups excluding carboxylic acids is 1. The lowest BCUT2D eigenvalue weighted by Crippen LogP contribution is -2.24. The van der Waals surface area contributed by atoms with Crippen LogP contribution in [0.3, 0.4) is 0 Å². The van der Waals surface area contributed by atoms with Crippen molar-refractivity contribution in [1.82, 2.24) is 0 Å². The highest BCUT2D eigenvalue weighted by molar-refractivity contribution is 6.83. The van der Waals surface area contributed by atoms with Gasteiger partial charge in [0.25, 0.3) is 0 Å². The second kappa shape index (κ2) is 6.25. The number of hydrogen-bond acceptors (Lipinski definition) is 2. The number of ether oxygens (including phenoxy) is 1. The Morgan fingerprint density at radius 1 is 1.29 bits per heavy atom. The van der Waals surface area contributed by atoms with Crippen molar-refractivity contribution in [1.29, 1.82) is 0 Å². The van der Waals surface area contributed by atoms with Crippen LogP contribution < -0.4 is 0 Å². The van der Waals surface area contributed by atoms with Crippen LogP contribution >= 0.6 is 0 Å². The van der Waals surface area contributed by atoms with Crippen LogP contribution in [0.4, 0.5) is 0 Å². The summed E-state index contributed by atoms with van der Waals surface area (Å²) in [5.41, 5.74) is 2.92. The molecule has 0 bridgehead atoms. The first kappa shape index (κ1) is 16.2. The number of hydrogen-bond donors (Lipinski definition) is 0. The van der Waals surface area contributed by atoms with Gasteiger partial charge in [-0.05, 0) is 26.7 Å². The molecule has 0 aromatic rings. The fraction of sp³-hybridized carbons (Fsp3) is 0.786. The van der Waals surface area contributed by atoms with Crippen LogP contribution in [0.25, 0.3) is 0 Å². The first-order valence-electron chi connectivity index (χ1n) is 6.21. The monoisotopic (exact) mass is 254 g/mol. The molecule has 0 heterocycles. The Bertz CT molecular complexity index is 310. The minimum atomic E-state index is -1.28. The van der Waals surface area contributed by atoms with E-state index in [-0.39, 0.29) is 17.5 Å². The smallest absolute Gasteiger partial charge is 0.306 e. The van der Waals surface area contributed by atoms with Crippen LogP contribution in [-0.4, -0.2) is 19.6 Å². The van der Waals surface area contributed by atoms with E-state index in [9.17, 15) is 4.79 Å². The third kappa shape index (κ3) is 11.5. The molecule has 0 unspecified atom stereocenters. The molecule has 0 rings (SSSR count). The van der Waals surface area contributed by atoms with Crippen LogP contribution in [0.2, 0.25) is 19.6 Å². The van der Waals surface area contributed by atoms with Gasteiger partial charge in [-0.25, -0.2) is 0 Å². The summed E-state index contributed by atoms with van der Waals surface area (Å²) in [6, 6.07) is 0. The van der Waals surface area contributed by atoms with E-state index < -0.39 is 8.07 Å². The Labute approximate surface area is 107 Å². The summed E-state index contributed by atoms with van der Waals surface area (Å²) in [6.45, 7) is 14.4. The lowest BCUT2D eigenvalue weighted by Gasteiger charge is -2.20. The molecule has 0 saturated carbocycles. The zero-order valence-electron chi connectivity index (χ0n) is 12.3. The summed E-state index contributed by atoms with van der Waals surface area (Å²) < 4.78 is 5.28. The number of esters is 1. The van der Waals surface area contributed by atoms with Crippen molar-refractivity contribution in [2.45, 2.75) is 65.8 Å². The topological polar surface area (TPSA) is 26.3 Å². The van der Waals surface area contributed by atoms with Crippen molar-refractivity contribution < 1.29 is 9.53 Å². The van der Waals surface area contributed by atoms with Crippen molar-refractivity contribution in [2.75, 3.05) is 0 Å². The molecule has 0 radical (unpaired) electrons. The number of rotatable bonds is 3. The van der Waals surface area contributed by atoms with Gasteiger partial charge in [-0.3, -0.25) is 4.79 Å². The molecule has 0 aromatic heterocycles. The molecule has 0 N–H and O–H groups in total. The quantitative estimate of drug-likeness (QED) is 0.437. The molecule has 0 saturated heterocycles. The molecule has 3 heteroatoms. The Morgan fingerprint density at radius 2 is 1.82 bits per heavy atom. The maximum atomic E-state index is 11.6. The lowest BCUT2D eigenvalue weighted by molar-refractivity contribution is -0.155. The molecular formula is C14H26O2Si. The predicted molar refractivity (Wildman–Crippen MR) is 75.4 cm³/mol. The fourth-order valence-electron chi connectivity index (χ4n) is 1.23. The predicted octanol–water partition coefficient (Wildman–Crippen LogP) is 3.63. The second-order valence-electron chi connectivity index (χ2n) is 6.65. The van der Waals surface area contributed by atoms with E-state index in [0.717, 1.165) is 6.42 Å². The van der Waals surface area contributed by atoms with E-state index in [1.54, 1.807) is 0 Å². The average molecular weight is 254 g/mol. The van der Waals surface area contributed by atoms with E-state index in [0.29, 0.717) is 6.42 Å². The van der Waals surface area contributed by atoms with Crippen molar-refractivity contribution in [2.24, 2.45) is 5.92 Å². The van der Waals surface area contributed by atoms with Gasteiger partial charge in [0.2, 0.25) is 0 Å². The maximum Gasteiger partial charge on any atom is 0.306 e. The zero-order chi connectivity index (χ0) is 13.7. The molecule has 98 valence electrons. The van der Waals surface area contributed by atoms with Gasteiger partial charge >= 0.3 is 5.97 Å². The van der Waals surface area contributed by atoms with Crippen molar-refractivity contribution in [3.63, 3.8) is 0 Å². The summed E-state index contributed by atoms with van der Waals surface area (Å²) in [5, 5.41) is 0. The maximum absolute atomic E-state index is 11.6. The first-order valence-corrected chi connectivity index (χ1v) is 9.71. The Hall–Kier alpha value is -0.753. The summed E-state index contributed by atoms with van der Waals surface area (Å²) in [4.78, 5) is 11.6. The Morgan fingerprint density at radius 3 is 2.24 bits per heavy atom. The SMILES string of the molecule is C[C@H](CC#C[Si](C)(C)C)CC(=O)OC(C)(C)C. The highest BCUT2D eigenvalue weighted by atomic mass is 28.3. The van der Waals surface area contributed by atoms with E-state index in [1.165, 1.54) is 0 Å². The molecule has 0 aromatic carbocycles. The van der Waals surface area contributed by atoms with Gasteiger partial charge in [0.15, 0.2) is 0 Å². The summed E-state index contributed by atoms with van der Waals surface area (Å²) in [6.07, 6.45) is 1.24. The van der Waals surface area contributed by atoms with E-state index in [4.69, 9.17) is 4.74 Å². The molecule has 0 fully saturated rings. The normalized spacial score (nSPS) is 13.6. The van der Waals surface area contributed by atoms with Gasteiger partial charge in [0, 0.05) is 12.8 Å². The second-order valence-corrected chi connectivity index (χ2v) is 11.4. The summed E-state index contributed by atoms with van der Waals surface area (Å²) >= 11 is 0. The van der Waals surface area contributed by atoms with Crippen LogP contribution in [0.15, 0.2) is 0 Å². The third-order valence-electron chi connectivity index (χ3n) is 1.85. The molecular weight excluding hydrogens is 228 g/mol. The molecule has 0 aliphatic rings. The molecule has 0 aliphatic carbocycles. The van der Waals surface area contributed by atoms with Crippen molar-refractivity contribution in [3.8, 4) is 11.5 Å². The van der Waals surface area contributed by atoms with Gasteiger partial charge < -0.3 is 4.74 Å². The lowest BCUT2D eigenvalue weighted by atomic mass is 10.0. The first-order chi connectivity index (χ1) is 7.49. The minimum absolute atomic E-state index is 0.125. The third-order valence-corrected chi connectivity index (χ3v) is 2.78.